The molecule has 1 aliphatic carbocycles. The predicted molar refractivity (Wildman–Crippen MR) is 78.6 cm³/mol. The van der Waals surface area contributed by atoms with E-state index in [0.717, 1.165) is 0 Å². The lowest BCUT2D eigenvalue weighted by molar-refractivity contribution is -0.132. The first-order chi connectivity index (χ1) is 10.1. The van der Waals surface area contributed by atoms with Gasteiger partial charge in [-0.1, -0.05) is 6.07 Å². The van der Waals surface area contributed by atoms with Gasteiger partial charge in [0.25, 0.3) is 0 Å². The molecule has 2 amide bonds. The molecule has 0 aliphatic heterocycles. The van der Waals surface area contributed by atoms with Crippen molar-refractivity contribution in [2.45, 2.75) is 32.3 Å². The standard InChI is InChI=1S/C15H21N3O3/c1-11(21-10-12-5-6-12)15(20)17-9-7-14(19)18-13-4-2-3-8-16-13/h2-4,8,11-12H,5-7,9-10H2,1H3,(H,17,20)(H,16,18,19)/t11-/m0/s1. The second kappa shape index (κ2) is 7.73. The lowest BCUT2D eigenvalue weighted by Crippen LogP contribution is -2.36. The molecule has 0 saturated heterocycles. The van der Waals surface area contributed by atoms with Crippen molar-refractivity contribution in [3.63, 3.8) is 0 Å². The van der Waals surface area contributed by atoms with E-state index in [2.05, 4.69) is 15.6 Å². The number of amides is 2. The Bertz CT molecular complexity index is 474. The van der Waals surface area contributed by atoms with Gasteiger partial charge in [-0.05, 0) is 37.8 Å². The number of pyridine rings is 1. The van der Waals surface area contributed by atoms with Crippen LogP contribution in [0.4, 0.5) is 5.82 Å². The summed E-state index contributed by atoms with van der Waals surface area (Å²) in [6.07, 6.45) is 3.74. The molecule has 1 atom stereocenters. The summed E-state index contributed by atoms with van der Waals surface area (Å²) in [5.74, 6) is 0.779. The van der Waals surface area contributed by atoms with Gasteiger partial charge in [-0.15, -0.1) is 0 Å². The molecule has 1 heterocycles. The molecular weight excluding hydrogens is 270 g/mol. The first-order valence-corrected chi connectivity index (χ1v) is 7.25. The fourth-order valence-corrected chi connectivity index (χ4v) is 1.73. The highest BCUT2D eigenvalue weighted by molar-refractivity contribution is 5.90. The number of aromatic nitrogens is 1. The van der Waals surface area contributed by atoms with E-state index in [9.17, 15) is 9.59 Å². The minimum atomic E-state index is -0.468. The Balaban J connectivity index is 1.59. The van der Waals surface area contributed by atoms with Gasteiger partial charge in [0.15, 0.2) is 0 Å². The normalized spacial score (nSPS) is 15.3. The lowest BCUT2D eigenvalue weighted by Gasteiger charge is -2.13. The number of hydrogen-bond donors (Lipinski definition) is 2. The zero-order valence-electron chi connectivity index (χ0n) is 12.2. The Kier molecular flexibility index (Phi) is 5.68. The smallest absolute Gasteiger partial charge is 0.248 e. The first-order valence-electron chi connectivity index (χ1n) is 7.25. The summed E-state index contributed by atoms with van der Waals surface area (Å²) in [4.78, 5) is 27.4. The van der Waals surface area contributed by atoms with Crippen LogP contribution in [0.25, 0.3) is 0 Å². The van der Waals surface area contributed by atoms with Crippen molar-refractivity contribution < 1.29 is 14.3 Å². The van der Waals surface area contributed by atoms with Crippen LogP contribution in [0.2, 0.25) is 0 Å². The maximum absolute atomic E-state index is 11.7. The molecule has 21 heavy (non-hydrogen) atoms. The summed E-state index contributed by atoms with van der Waals surface area (Å²) < 4.78 is 5.46. The molecule has 6 heteroatoms. The monoisotopic (exact) mass is 291 g/mol. The maximum atomic E-state index is 11.7. The third-order valence-corrected chi connectivity index (χ3v) is 3.23. The van der Waals surface area contributed by atoms with Crippen LogP contribution in [-0.2, 0) is 14.3 Å². The average molecular weight is 291 g/mol. The number of hydrogen-bond acceptors (Lipinski definition) is 4. The average Bonchev–Trinajstić information content (AvgIpc) is 3.29. The molecule has 2 rings (SSSR count). The Labute approximate surface area is 124 Å². The highest BCUT2D eigenvalue weighted by Gasteiger charge is 2.23. The fraction of sp³-hybridized carbons (Fsp3) is 0.533. The van der Waals surface area contributed by atoms with Gasteiger partial charge in [-0.3, -0.25) is 9.59 Å². The third kappa shape index (κ3) is 5.91. The maximum Gasteiger partial charge on any atom is 0.248 e. The van der Waals surface area contributed by atoms with Crippen LogP contribution >= 0.6 is 0 Å². The number of carbonyl (C=O) groups is 2. The van der Waals surface area contributed by atoms with E-state index in [1.54, 1.807) is 31.3 Å². The molecule has 6 nitrogen and oxygen atoms in total. The van der Waals surface area contributed by atoms with Crippen LogP contribution in [-0.4, -0.2) is 36.1 Å². The zero-order valence-corrected chi connectivity index (χ0v) is 12.2. The molecule has 1 saturated carbocycles. The van der Waals surface area contributed by atoms with E-state index < -0.39 is 6.10 Å². The molecule has 1 aliphatic rings. The van der Waals surface area contributed by atoms with E-state index in [0.29, 0.717) is 18.3 Å². The highest BCUT2D eigenvalue weighted by atomic mass is 16.5. The predicted octanol–water partition coefficient (Wildman–Crippen LogP) is 1.34. The molecular formula is C15H21N3O3. The summed E-state index contributed by atoms with van der Waals surface area (Å²) in [5.41, 5.74) is 0. The summed E-state index contributed by atoms with van der Waals surface area (Å²) in [7, 11) is 0. The van der Waals surface area contributed by atoms with Crippen LogP contribution < -0.4 is 10.6 Å². The fourth-order valence-electron chi connectivity index (χ4n) is 1.73. The summed E-state index contributed by atoms with van der Waals surface area (Å²) in [6, 6.07) is 5.28. The van der Waals surface area contributed by atoms with Gasteiger partial charge < -0.3 is 15.4 Å². The summed E-state index contributed by atoms with van der Waals surface area (Å²) >= 11 is 0. The molecule has 2 N–H and O–H groups in total. The molecule has 0 bridgehead atoms. The molecule has 0 spiro atoms. The van der Waals surface area contributed by atoms with Gasteiger partial charge in [0, 0.05) is 19.2 Å². The minimum absolute atomic E-state index is 0.179. The van der Waals surface area contributed by atoms with E-state index in [1.165, 1.54) is 12.8 Å². The minimum Gasteiger partial charge on any atom is -0.368 e. The van der Waals surface area contributed by atoms with E-state index >= 15 is 0 Å². The Morgan fingerprint density at radius 2 is 2.24 bits per heavy atom. The van der Waals surface area contributed by atoms with Crippen molar-refractivity contribution in [1.82, 2.24) is 10.3 Å². The van der Waals surface area contributed by atoms with Crippen molar-refractivity contribution in [3.05, 3.63) is 24.4 Å². The van der Waals surface area contributed by atoms with Crippen molar-refractivity contribution >= 4 is 17.6 Å². The van der Waals surface area contributed by atoms with Crippen molar-refractivity contribution in [3.8, 4) is 0 Å². The van der Waals surface area contributed by atoms with Gasteiger partial charge in [-0.2, -0.15) is 0 Å². The lowest BCUT2D eigenvalue weighted by atomic mass is 10.3. The Hall–Kier alpha value is -1.95. The van der Waals surface area contributed by atoms with Gasteiger partial charge >= 0.3 is 0 Å². The molecule has 0 aromatic carbocycles. The SMILES string of the molecule is C[C@H](OCC1CC1)C(=O)NCCC(=O)Nc1ccccn1. The second-order valence-corrected chi connectivity index (χ2v) is 5.22. The Morgan fingerprint density at radius 1 is 1.43 bits per heavy atom. The number of anilines is 1. The van der Waals surface area contributed by atoms with Crippen molar-refractivity contribution in [2.75, 3.05) is 18.5 Å². The quantitative estimate of drug-likeness (QED) is 0.757. The van der Waals surface area contributed by atoms with E-state index in [1.807, 2.05) is 0 Å². The van der Waals surface area contributed by atoms with Gasteiger partial charge in [-0.25, -0.2) is 4.98 Å². The number of nitrogens with zero attached hydrogens (tertiary/aromatic N) is 1. The van der Waals surface area contributed by atoms with Crippen molar-refractivity contribution in [1.29, 1.82) is 0 Å². The molecule has 0 radical (unpaired) electrons. The highest BCUT2D eigenvalue weighted by Crippen LogP contribution is 2.29. The van der Waals surface area contributed by atoms with Gasteiger partial charge in [0.1, 0.15) is 11.9 Å². The molecule has 0 unspecified atom stereocenters. The topological polar surface area (TPSA) is 80.3 Å². The molecule has 1 aromatic rings. The van der Waals surface area contributed by atoms with Crippen LogP contribution in [0.1, 0.15) is 26.2 Å². The van der Waals surface area contributed by atoms with Crippen LogP contribution in [0.3, 0.4) is 0 Å². The number of rotatable bonds is 8. The van der Waals surface area contributed by atoms with Crippen LogP contribution in [0.15, 0.2) is 24.4 Å². The Morgan fingerprint density at radius 3 is 2.90 bits per heavy atom. The van der Waals surface area contributed by atoms with Crippen LogP contribution in [0.5, 0.6) is 0 Å². The van der Waals surface area contributed by atoms with Crippen molar-refractivity contribution in [2.24, 2.45) is 5.92 Å². The number of nitrogens with one attached hydrogen (secondary N) is 2. The second-order valence-electron chi connectivity index (χ2n) is 5.22. The first kappa shape index (κ1) is 15.4. The summed E-state index contributed by atoms with van der Waals surface area (Å²) in [6.45, 7) is 2.66. The van der Waals surface area contributed by atoms with E-state index in [4.69, 9.17) is 4.74 Å². The summed E-state index contributed by atoms with van der Waals surface area (Å²) in [5, 5.41) is 5.36. The zero-order chi connectivity index (χ0) is 15.1. The molecule has 1 aromatic heterocycles. The largest absolute Gasteiger partial charge is 0.368 e. The van der Waals surface area contributed by atoms with Gasteiger partial charge in [0.05, 0.1) is 6.61 Å². The molecule has 114 valence electrons. The third-order valence-electron chi connectivity index (χ3n) is 3.23. The number of carbonyl (C=O) groups excluding carboxylic acids is 2. The number of ether oxygens (including phenoxy) is 1. The van der Waals surface area contributed by atoms with E-state index in [-0.39, 0.29) is 24.8 Å². The van der Waals surface area contributed by atoms with Gasteiger partial charge in [0.2, 0.25) is 11.8 Å². The van der Waals surface area contributed by atoms with Crippen LogP contribution in [0, 0.1) is 5.92 Å². The molecule has 1 fully saturated rings.